The number of fused-ring (bicyclic) bond motifs is 2. The predicted molar refractivity (Wildman–Crippen MR) is 223 cm³/mol. The van der Waals surface area contributed by atoms with E-state index in [0.29, 0.717) is 43.0 Å². The van der Waals surface area contributed by atoms with E-state index >= 15 is 0 Å². The first-order chi connectivity index (χ1) is 28.8. The third-order valence-electron chi connectivity index (χ3n) is 13.4. The molecular formula is C45H52N10O4. The number of benzene rings is 2. The molecule has 5 aromatic rings. The second-order valence-electron chi connectivity index (χ2n) is 17.0. The van der Waals surface area contributed by atoms with Crippen molar-refractivity contribution >= 4 is 41.3 Å². The van der Waals surface area contributed by atoms with Crippen molar-refractivity contribution in [2.45, 2.75) is 102 Å². The maximum Gasteiger partial charge on any atom is 0.255 e. The lowest BCUT2D eigenvalue weighted by Crippen LogP contribution is -2.52. The molecule has 3 N–H and O–H groups in total. The maximum absolute atomic E-state index is 13.2. The lowest BCUT2D eigenvalue weighted by atomic mass is 9.67. The number of nitrogens with zero attached hydrogens (tertiary/aromatic N) is 7. The average molecular weight is 797 g/mol. The second-order valence-corrected chi connectivity index (χ2v) is 17.0. The first-order valence-electron chi connectivity index (χ1n) is 21.1. The molecule has 14 heteroatoms. The fourth-order valence-electron chi connectivity index (χ4n) is 10.1. The SMILES string of the molecule is Cc1cccc(-c2cnc(Nc3cnn(C4CCN(C5CCC(CCNC=O)(CCc6ccc7c(c6)CN(C6CCC(=O)NC6=O)C7=O)CC5)CC4)c3)c3nccn23)c1. The van der Waals surface area contributed by atoms with Crippen molar-refractivity contribution in [1.82, 2.24) is 44.6 Å². The van der Waals surface area contributed by atoms with E-state index < -0.39 is 6.04 Å². The van der Waals surface area contributed by atoms with Gasteiger partial charge in [0.15, 0.2) is 11.5 Å². The van der Waals surface area contributed by atoms with Crippen LogP contribution in [0.25, 0.3) is 16.9 Å². The number of anilines is 2. The quantitative estimate of drug-likeness (QED) is 0.0768. The van der Waals surface area contributed by atoms with Crippen molar-refractivity contribution in [3.05, 3.63) is 95.7 Å². The molecule has 2 saturated heterocycles. The van der Waals surface area contributed by atoms with Crippen LogP contribution in [0.4, 0.5) is 11.5 Å². The van der Waals surface area contributed by atoms with Crippen molar-refractivity contribution in [3.63, 3.8) is 0 Å². The zero-order chi connectivity index (χ0) is 40.5. The molecule has 59 heavy (non-hydrogen) atoms. The van der Waals surface area contributed by atoms with Gasteiger partial charge in [0, 0.05) is 68.4 Å². The molecule has 0 spiro atoms. The first kappa shape index (κ1) is 38.6. The Morgan fingerprint density at radius 1 is 0.949 bits per heavy atom. The minimum atomic E-state index is -0.613. The van der Waals surface area contributed by atoms with Gasteiger partial charge >= 0.3 is 0 Å². The van der Waals surface area contributed by atoms with Crippen LogP contribution in [0.3, 0.4) is 0 Å². The minimum absolute atomic E-state index is 0.134. The van der Waals surface area contributed by atoms with Crippen LogP contribution in [-0.4, -0.2) is 89.8 Å². The van der Waals surface area contributed by atoms with E-state index in [1.54, 1.807) is 11.1 Å². The lowest BCUT2D eigenvalue weighted by Gasteiger charge is -2.46. The topological polar surface area (TPSA) is 159 Å². The van der Waals surface area contributed by atoms with Crippen LogP contribution in [0.1, 0.15) is 97.3 Å². The molecule has 3 fully saturated rings. The Bertz CT molecular complexity index is 2370. The summed E-state index contributed by atoms with van der Waals surface area (Å²) in [6, 6.07) is 14.8. The van der Waals surface area contributed by atoms with Crippen LogP contribution >= 0.6 is 0 Å². The third-order valence-corrected chi connectivity index (χ3v) is 13.4. The fourth-order valence-corrected chi connectivity index (χ4v) is 10.1. The molecule has 306 valence electrons. The Morgan fingerprint density at radius 3 is 2.59 bits per heavy atom. The van der Waals surface area contributed by atoms with Crippen LogP contribution < -0.4 is 16.0 Å². The molecule has 4 aliphatic rings. The lowest BCUT2D eigenvalue weighted by molar-refractivity contribution is -0.136. The van der Waals surface area contributed by atoms with Gasteiger partial charge in [-0.05, 0) is 99.8 Å². The van der Waals surface area contributed by atoms with Crippen molar-refractivity contribution in [2.24, 2.45) is 5.41 Å². The van der Waals surface area contributed by atoms with Crippen molar-refractivity contribution < 1.29 is 19.2 Å². The number of rotatable bonds is 13. The monoisotopic (exact) mass is 796 g/mol. The summed E-state index contributed by atoms with van der Waals surface area (Å²) in [5.41, 5.74) is 7.85. The standard InChI is InChI=1S/C45H52N10O4/c1-30-3-2-4-32(23-30)39-26-48-41(42-47-19-22-53(39)42)50-34-25-49-55(28-34)36-12-20-52(21-13-36)35-10-15-45(16-11-35,17-18-46-29-56)14-9-31-5-6-37-33(24-31)27-54(44(37)59)38-7-8-40(57)51-43(38)58/h2-6,19,22-26,28-29,35-36,38H,7-18,20-21,27H2,1H3,(H,46,56)(H,48,50)(H,51,57,58). The highest BCUT2D eigenvalue weighted by Crippen LogP contribution is 2.45. The van der Waals surface area contributed by atoms with Crippen molar-refractivity contribution in [1.29, 1.82) is 0 Å². The van der Waals surface area contributed by atoms with E-state index in [-0.39, 0.29) is 29.6 Å². The number of aryl methyl sites for hydroxylation is 2. The van der Waals surface area contributed by atoms with Gasteiger partial charge in [0.25, 0.3) is 5.91 Å². The van der Waals surface area contributed by atoms with Crippen LogP contribution in [0, 0.1) is 12.3 Å². The Kier molecular flexibility index (Phi) is 10.7. The molecule has 9 rings (SSSR count). The largest absolute Gasteiger partial charge is 0.359 e. The summed E-state index contributed by atoms with van der Waals surface area (Å²) in [7, 11) is 0. The Labute approximate surface area is 343 Å². The predicted octanol–water partition coefficient (Wildman–Crippen LogP) is 5.74. The van der Waals surface area contributed by atoms with E-state index in [1.165, 1.54) is 11.1 Å². The summed E-state index contributed by atoms with van der Waals surface area (Å²) in [6.07, 6.45) is 20.5. The van der Waals surface area contributed by atoms with Gasteiger partial charge in [0.1, 0.15) is 6.04 Å². The van der Waals surface area contributed by atoms with Gasteiger partial charge in [-0.2, -0.15) is 5.10 Å². The van der Waals surface area contributed by atoms with Gasteiger partial charge in [-0.25, -0.2) is 9.97 Å². The number of likely N-dealkylation sites (tertiary alicyclic amines) is 1. The molecule has 6 heterocycles. The molecule has 1 saturated carbocycles. The van der Waals surface area contributed by atoms with E-state index in [0.717, 1.165) is 105 Å². The molecule has 1 aliphatic carbocycles. The summed E-state index contributed by atoms with van der Waals surface area (Å²) in [4.78, 5) is 62.3. The smallest absolute Gasteiger partial charge is 0.255 e. The summed E-state index contributed by atoms with van der Waals surface area (Å²) < 4.78 is 4.18. The number of nitrogens with one attached hydrogen (secondary N) is 3. The summed E-state index contributed by atoms with van der Waals surface area (Å²) in [5.74, 6) is -0.121. The molecule has 2 aromatic carbocycles. The van der Waals surface area contributed by atoms with Gasteiger partial charge in [0.05, 0.1) is 29.8 Å². The highest BCUT2D eigenvalue weighted by molar-refractivity contribution is 6.05. The molecule has 1 atom stereocenters. The summed E-state index contributed by atoms with van der Waals surface area (Å²) >= 11 is 0. The number of amides is 4. The van der Waals surface area contributed by atoms with Gasteiger partial charge in [-0.3, -0.25) is 33.6 Å². The number of hydrogen-bond donors (Lipinski definition) is 3. The van der Waals surface area contributed by atoms with E-state index in [1.807, 2.05) is 24.7 Å². The molecule has 14 nitrogen and oxygen atoms in total. The average Bonchev–Trinajstić information content (AvgIpc) is 4.01. The van der Waals surface area contributed by atoms with Gasteiger partial charge in [-0.1, -0.05) is 35.9 Å². The normalized spacial score (nSPS) is 22.7. The molecule has 3 aliphatic heterocycles. The highest BCUT2D eigenvalue weighted by Gasteiger charge is 2.40. The van der Waals surface area contributed by atoms with E-state index in [9.17, 15) is 19.2 Å². The first-order valence-corrected chi connectivity index (χ1v) is 21.1. The number of carbonyl (C=O) groups is 4. The molecule has 1 unspecified atom stereocenters. The minimum Gasteiger partial charge on any atom is -0.359 e. The molecule has 3 aromatic heterocycles. The van der Waals surface area contributed by atoms with Gasteiger partial charge < -0.3 is 20.4 Å². The zero-order valence-electron chi connectivity index (χ0n) is 33.6. The molecule has 4 amide bonds. The van der Waals surface area contributed by atoms with Gasteiger partial charge in [-0.15, -0.1) is 0 Å². The van der Waals surface area contributed by atoms with E-state index in [2.05, 4.69) is 84.4 Å². The Balaban J connectivity index is 0.784. The second kappa shape index (κ2) is 16.4. The number of imide groups is 1. The Morgan fingerprint density at radius 2 is 1.80 bits per heavy atom. The number of carbonyl (C=O) groups excluding carboxylic acids is 4. The molecular weight excluding hydrogens is 745 g/mol. The van der Waals surface area contributed by atoms with Gasteiger partial charge in [0.2, 0.25) is 18.2 Å². The van der Waals surface area contributed by atoms with Crippen LogP contribution in [0.5, 0.6) is 0 Å². The van der Waals surface area contributed by atoms with Crippen LogP contribution in [0.2, 0.25) is 0 Å². The molecule has 0 bridgehead atoms. The Hall–Kier alpha value is -5.89. The number of piperidine rings is 2. The van der Waals surface area contributed by atoms with Crippen molar-refractivity contribution in [2.75, 3.05) is 25.0 Å². The fraction of sp³-hybridized carbons (Fsp3) is 0.444. The van der Waals surface area contributed by atoms with E-state index in [4.69, 9.17) is 10.1 Å². The van der Waals surface area contributed by atoms with Crippen molar-refractivity contribution in [3.8, 4) is 11.3 Å². The maximum atomic E-state index is 13.2. The van der Waals surface area contributed by atoms with Crippen LogP contribution in [0.15, 0.2) is 73.4 Å². The number of imidazole rings is 1. The highest BCUT2D eigenvalue weighted by atomic mass is 16.2. The summed E-state index contributed by atoms with van der Waals surface area (Å²) in [6.45, 7) is 5.22. The number of hydrogen-bond acceptors (Lipinski definition) is 9. The third kappa shape index (κ3) is 7.97. The van der Waals surface area contributed by atoms with Crippen LogP contribution in [-0.2, 0) is 27.3 Å². The molecule has 0 radical (unpaired) electrons. The summed E-state index contributed by atoms with van der Waals surface area (Å²) in [5, 5.41) is 13.5. The zero-order valence-corrected chi connectivity index (χ0v) is 33.6. The number of aromatic nitrogens is 5.